The Morgan fingerprint density at radius 2 is 1.86 bits per heavy atom. The van der Waals surface area contributed by atoms with Gasteiger partial charge in [-0.05, 0) is 71.1 Å². The van der Waals surface area contributed by atoms with Gasteiger partial charge in [0.2, 0.25) is 0 Å². The average molecular weight is 455 g/mol. The number of hydrogen-bond acceptors (Lipinski definition) is 6. The molecule has 5 rings (SSSR count). The van der Waals surface area contributed by atoms with Gasteiger partial charge >= 0.3 is 0 Å². The number of anilines is 1. The summed E-state index contributed by atoms with van der Waals surface area (Å²) < 4.78 is 3.00. The summed E-state index contributed by atoms with van der Waals surface area (Å²) in [7, 11) is 2.17. The number of fused-ring (bicyclic) bond motifs is 2. The van der Waals surface area contributed by atoms with Gasteiger partial charge in [0.15, 0.2) is 10.8 Å². The highest BCUT2D eigenvalue weighted by atomic mass is 79.9. The van der Waals surface area contributed by atoms with Gasteiger partial charge in [-0.3, -0.25) is 9.38 Å². The van der Waals surface area contributed by atoms with Crippen LogP contribution in [-0.2, 0) is 0 Å². The van der Waals surface area contributed by atoms with Crippen LogP contribution < -0.4 is 4.90 Å². The highest BCUT2D eigenvalue weighted by molar-refractivity contribution is 9.10. The van der Waals surface area contributed by atoms with Crippen molar-refractivity contribution in [2.45, 2.75) is 10.1 Å². The Kier molecular flexibility index (Phi) is 4.70. The minimum Gasteiger partial charge on any atom is -0.368 e. The minimum atomic E-state index is 0.838. The Labute approximate surface area is 175 Å². The fourth-order valence-corrected chi connectivity index (χ4v) is 4.61. The van der Waals surface area contributed by atoms with Gasteiger partial charge in [0, 0.05) is 47.1 Å². The third-order valence-electron chi connectivity index (χ3n) is 5.05. The fourth-order valence-electron chi connectivity index (χ4n) is 3.42. The number of hydrogen-bond donors (Lipinski definition) is 0. The van der Waals surface area contributed by atoms with E-state index in [-0.39, 0.29) is 0 Å². The SMILES string of the molecule is CN1CCN(c2cnc3ccc(Sc4nnc5ccc(Br)cn45)cc3c2)CC1. The molecule has 0 spiro atoms. The number of pyridine rings is 2. The van der Waals surface area contributed by atoms with Crippen LogP contribution in [0.2, 0.25) is 0 Å². The van der Waals surface area contributed by atoms with E-state index in [1.54, 1.807) is 11.8 Å². The lowest BCUT2D eigenvalue weighted by Crippen LogP contribution is -2.44. The number of nitrogens with zero attached hydrogens (tertiary/aromatic N) is 6. The van der Waals surface area contributed by atoms with Gasteiger partial charge in [0.25, 0.3) is 0 Å². The molecule has 4 aromatic rings. The standard InChI is InChI=1S/C20H19BrN6S/c1-25-6-8-26(9-7-25)16-10-14-11-17(3-4-18(14)22-12-16)28-20-24-23-19-5-2-15(21)13-27(19)20/h2-5,10-13H,6-9H2,1H3. The number of aromatic nitrogens is 4. The highest BCUT2D eigenvalue weighted by Crippen LogP contribution is 2.30. The molecule has 0 unspecified atom stereocenters. The van der Waals surface area contributed by atoms with Gasteiger partial charge in [0.05, 0.1) is 17.4 Å². The zero-order valence-electron chi connectivity index (χ0n) is 15.4. The van der Waals surface area contributed by atoms with Crippen LogP contribution >= 0.6 is 27.7 Å². The number of likely N-dealkylation sites (N-methyl/N-ethyl adjacent to an activating group) is 1. The van der Waals surface area contributed by atoms with E-state index in [4.69, 9.17) is 0 Å². The van der Waals surface area contributed by atoms with Crippen molar-refractivity contribution in [2.75, 3.05) is 38.1 Å². The number of halogens is 1. The molecule has 142 valence electrons. The van der Waals surface area contributed by atoms with Crippen LogP contribution in [0.1, 0.15) is 0 Å². The summed E-state index contributed by atoms with van der Waals surface area (Å²) in [6.07, 6.45) is 3.98. The van der Waals surface area contributed by atoms with Crippen LogP contribution in [0, 0.1) is 0 Å². The molecule has 0 aliphatic carbocycles. The quantitative estimate of drug-likeness (QED) is 0.467. The molecule has 1 aliphatic rings. The van der Waals surface area contributed by atoms with E-state index in [1.807, 2.05) is 28.9 Å². The molecule has 8 heteroatoms. The average Bonchev–Trinajstić information content (AvgIpc) is 3.10. The molecule has 1 saturated heterocycles. The predicted molar refractivity (Wildman–Crippen MR) is 116 cm³/mol. The lowest BCUT2D eigenvalue weighted by molar-refractivity contribution is 0.313. The van der Waals surface area contributed by atoms with E-state index in [9.17, 15) is 0 Å². The molecular formula is C20H19BrN6S. The first-order chi connectivity index (χ1) is 13.7. The summed E-state index contributed by atoms with van der Waals surface area (Å²) in [5, 5.41) is 10.6. The smallest absolute Gasteiger partial charge is 0.200 e. The summed E-state index contributed by atoms with van der Waals surface area (Å²) in [6.45, 7) is 4.25. The van der Waals surface area contributed by atoms with Gasteiger partial charge < -0.3 is 9.80 Å². The van der Waals surface area contributed by atoms with Crippen molar-refractivity contribution in [2.24, 2.45) is 0 Å². The van der Waals surface area contributed by atoms with Gasteiger partial charge in [-0.25, -0.2) is 0 Å². The molecule has 0 amide bonds. The lowest BCUT2D eigenvalue weighted by Gasteiger charge is -2.33. The maximum Gasteiger partial charge on any atom is 0.200 e. The molecule has 0 atom stereocenters. The molecule has 4 heterocycles. The van der Waals surface area contributed by atoms with E-state index >= 15 is 0 Å². The van der Waals surface area contributed by atoms with Crippen molar-refractivity contribution in [3.63, 3.8) is 0 Å². The second-order valence-corrected chi connectivity index (χ2v) is 8.95. The second kappa shape index (κ2) is 7.35. The Bertz CT molecular complexity index is 1150. The molecule has 0 radical (unpaired) electrons. The van der Waals surface area contributed by atoms with E-state index < -0.39 is 0 Å². The maximum absolute atomic E-state index is 4.67. The molecule has 0 bridgehead atoms. The van der Waals surface area contributed by atoms with Gasteiger partial charge in [-0.2, -0.15) is 0 Å². The summed E-state index contributed by atoms with van der Waals surface area (Å²) in [5.41, 5.74) is 3.04. The Morgan fingerprint density at radius 3 is 2.71 bits per heavy atom. The molecule has 28 heavy (non-hydrogen) atoms. The number of rotatable bonds is 3. The molecule has 1 fully saturated rings. The summed E-state index contributed by atoms with van der Waals surface area (Å²) in [6, 6.07) is 12.5. The van der Waals surface area contributed by atoms with E-state index in [0.717, 1.165) is 57.3 Å². The molecule has 3 aromatic heterocycles. The normalized spacial score (nSPS) is 15.6. The fraction of sp³-hybridized carbons (Fsp3) is 0.250. The van der Waals surface area contributed by atoms with Crippen LogP contribution in [0.15, 0.2) is 63.3 Å². The maximum atomic E-state index is 4.67. The topological polar surface area (TPSA) is 49.6 Å². The largest absolute Gasteiger partial charge is 0.368 e. The Hall–Kier alpha value is -2.16. The van der Waals surface area contributed by atoms with E-state index in [2.05, 4.69) is 72.2 Å². The first-order valence-electron chi connectivity index (χ1n) is 9.17. The van der Waals surface area contributed by atoms with E-state index in [1.165, 1.54) is 5.69 Å². The third kappa shape index (κ3) is 3.47. The zero-order valence-corrected chi connectivity index (χ0v) is 17.8. The van der Waals surface area contributed by atoms with Crippen molar-refractivity contribution >= 4 is 49.9 Å². The zero-order chi connectivity index (χ0) is 19.1. The molecule has 1 aliphatic heterocycles. The van der Waals surface area contributed by atoms with Crippen LogP contribution in [0.3, 0.4) is 0 Å². The Balaban J connectivity index is 1.45. The first-order valence-corrected chi connectivity index (χ1v) is 10.8. The van der Waals surface area contributed by atoms with Crippen LogP contribution in [0.5, 0.6) is 0 Å². The summed E-state index contributed by atoms with van der Waals surface area (Å²) in [5.74, 6) is 0. The van der Waals surface area contributed by atoms with Gasteiger partial charge in [0.1, 0.15) is 0 Å². The summed E-state index contributed by atoms with van der Waals surface area (Å²) in [4.78, 5) is 10.6. The van der Waals surface area contributed by atoms with Crippen LogP contribution in [0.25, 0.3) is 16.6 Å². The van der Waals surface area contributed by atoms with Crippen molar-refractivity contribution in [1.82, 2.24) is 24.5 Å². The summed E-state index contributed by atoms with van der Waals surface area (Å²) >= 11 is 5.13. The van der Waals surface area contributed by atoms with Gasteiger partial charge in [-0.1, -0.05) is 0 Å². The number of benzene rings is 1. The predicted octanol–water partition coefficient (Wildman–Crippen LogP) is 3.94. The molecule has 0 N–H and O–H groups in total. The lowest BCUT2D eigenvalue weighted by atomic mass is 10.2. The third-order valence-corrected chi connectivity index (χ3v) is 6.47. The molecule has 1 aromatic carbocycles. The number of piperazine rings is 1. The molecule has 0 saturated carbocycles. The molecule has 6 nitrogen and oxygen atoms in total. The van der Waals surface area contributed by atoms with E-state index in [0.29, 0.717) is 0 Å². The van der Waals surface area contributed by atoms with Crippen LogP contribution in [0.4, 0.5) is 5.69 Å². The van der Waals surface area contributed by atoms with Gasteiger partial charge in [-0.15, -0.1) is 10.2 Å². The Morgan fingerprint density at radius 1 is 1.00 bits per heavy atom. The van der Waals surface area contributed by atoms with Crippen molar-refractivity contribution in [3.8, 4) is 0 Å². The monoisotopic (exact) mass is 454 g/mol. The first kappa shape index (κ1) is 17.9. The van der Waals surface area contributed by atoms with Crippen molar-refractivity contribution < 1.29 is 0 Å². The van der Waals surface area contributed by atoms with Crippen molar-refractivity contribution in [1.29, 1.82) is 0 Å². The minimum absolute atomic E-state index is 0.838. The highest BCUT2D eigenvalue weighted by Gasteiger charge is 2.15. The second-order valence-electron chi connectivity index (χ2n) is 7.00. The van der Waals surface area contributed by atoms with Crippen LogP contribution in [-0.4, -0.2) is 57.7 Å². The van der Waals surface area contributed by atoms with Crippen molar-refractivity contribution in [3.05, 3.63) is 53.3 Å². The molecular weight excluding hydrogens is 436 g/mol.